The van der Waals surface area contributed by atoms with Crippen molar-refractivity contribution < 1.29 is 0 Å². The zero-order valence-corrected chi connectivity index (χ0v) is 6.74. The molecule has 1 atom stereocenters. The highest BCUT2D eigenvalue weighted by molar-refractivity contribution is 6.15. The zero-order valence-electron chi connectivity index (χ0n) is 5.98. The highest BCUT2D eigenvalue weighted by Gasteiger charge is 1.90. The smallest absolute Gasteiger partial charge is 0.0537 e. The van der Waals surface area contributed by atoms with Crippen LogP contribution in [0.5, 0.6) is 0 Å². The van der Waals surface area contributed by atoms with Gasteiger partial charge in [-0.15, -0.1) is 11.6 Å². The molecule has 8 heavy (non-hydrogen) atoms. The highest BCUT2D eigenvalue weighted by atomic mass is 35.5. The van der Waals surface area contributed by atoms with Gasteiger partial charge in [-0.05, 0) is 21.0 Å². The van der Waals surface area contributed by atoms with Crippen molar-refractivity contribution in [1.29, 1.82) is 0 Å². The van der Waals surface area contributed by atoms with Gasteiger partial charge in [-0.1, -0.05) is 0 Å². The largest absolute Gasteiger partial charge is 0.316 e. The Balaban J connectivity index is 0. The number of halogens is 1. The SMILES string of the molecule is CC(N)N(C)C.CCl. The normalized spacial score (nSPS) is 12.4. The molecule has 0 spiro atoms. The van der Waals surface area contributed by atoms with Crippen LogP contribution < -0.4 is 5.73 Å². The number of nitrogens with two attached hydrogens (primary N) is 1. The summed E-state index contributed by atoms with van der Waals surface area (Å²) in [6.07, 6.45) is 1.66. The van der Waals surface area contributed by atoms with E-state index in [0.717, 1.165) is 0 Å². The molecule has 3 heteroatoms. The molecule has 0 rings (SSSR count). The van der Waals surface area contributed by atoms with Crippen LogP contribution in [0.25, 0.3) is 0 Å². The third-order valence-corrected chi connectivity index (χ3v) is 0.815. The molecule has 0 aliphatic rings. The summed E-state index contributed by atoms with van der Waals surface area (Å²) in [6.45, 7) is 1.94. The van der Waals surface area contributed by atoms with E-state index >= 15 is 0 Å². The van der Waals surface area contributed by atoms with Gasteiger partial charge in [-0.25, -0.2) is 0 Å². The monoisotopic (exact) mass is 138 g/mol. The molecule has 0 heterocycles. The summed E-state index contributed by atoms with van der Waals surface area (Å²) in [6, 6.07) is 0. The summed E-state index contributed by atoms with van der Waals surface area (Å²) >= 11 is 4.64. The summed E-state index contributed by atoms with van der Waals surface area (Å²) in [7, 11) is 3.90. The van der Waals surface area contributed by atoms with Gasteiger partial charge in [0.1, 0.15) is 0 Å². The van der Waals surface area contributed by atoms with E-state index in [1.807, 2.05) is 25.9 Å². The Kier molecular flexibility index (Phi) is 9.97. The Labute approximate surface area is 56.6 Å². The van der Waals surface area contributed by atoms with Crippen LogP contribution in [-0.4, -0.2) is 31.5 Å². The zero-order chi connectivity index (χ0) is 7.15. The second kappa shape index (κ2) is 7.21. The molecule has 0 fully saturated rings. The summed E-state index contributed by atoms with van der Waals surface area (Å²) in [4.78, 5) is 1.94. The van der Waals surface area contributed by atoms with Gasteiger partial charge in [-0.2, -0.15) is 0 Å². The average molecular weight is 139 g/mol. The van der Waals surface area contributed by atoms with Crippen LogP contribution in [0.2, 0.25) is 0 Å². The molecule has 1 unspecified atom stereocenters. The lowest BCUT2D eigenvalue weighted by Crippen LogP contribution is -2.32. The number of nitrogens with zero attached hydrogens (tertiary/aromatic N) is 1. The van der Waals surface area contributed by atoms with Crippen molar-refractivity contribution in [2.24, 2.45) is 5.73 Å². The van der Waals surface area contributed by atoms with Gasteiger partial charge in [0.05, 0.1) is 6.17 Å². The summed E-state index contributed by atoms with van der Waals surface area (Å²) in [5, 5.41) is 0. The Hall–Kier alpha value is 0.210. The van der Waals surface area contributed by atoms with Crippen LogP contribution >= 0.6 is 11.6 Å². The molecule has 0 saturated heterocycles. The molecular weight excluding hydrogens is 124 g/mol. The molecule has 0 aromatic heterocycles. The van der Waals surface area contributed by atoms with E-state index in [1.54, 1.807) is 0 Å². The average Bonchev–Trinajstić information content (AvgIpc) is 1.72. The van der Waals surface area contributed by atoms with E-state index in [0.29, 0.717) is 0 Å². The van der Waals surface area contributed by atoms with Crippen molar-refractivity contribution in [3.63, 3.8) is 0 Å². The maximum absolute atomic E-state index is 5.36. The number of hydrogen-bond donors (Lipinski definition) is 1. The summed E-state index contributed by atoms with van der Waals surface area (Å²) < 4.78 is 0. The third-order valence-electron chi connectivity index (χ3n) is 0.815. The van der Waals surface area contributed by atoms with Crippen molar-refractivity contribution >= 4 is 11.6 Å². The summed E-state index contributed by atoms with van der Waals surface area (Å²) in [5.74, 6) is 0. The van der Waals surface area contributed by atoms with Crippen LogP contribution in [0.4, 0.5) is 0 Å². The minimum Gasteiger partial charge on any atom is -0.316 e. The Morgan fingerprint density at radius 2 is 1.50 bits per heavy atom. The van der Waals surface area contributed by atoms with E-state index in [1.165, 1.54) is 6.38 Å². The van der Waals surface area contributed by atoms with Crippen LogP contribution in [0.3, 0.4) is 0 Å². The first-order valence-electron chi connectivity index (χ1n) is 2.44. The van der Waals surface area contributed by atoms with Gasteiger partial charge in [-0.3, -0.25) is 4.90 Å². The molecular formula is C5H15ClN2. The van der Waals surface area contributed by atoms with E-state index in [2.05, 4.69) is 11.6 Å². The lowest BCUT2D eigenvalue weighted by Gasteiger charge is -2.12. The van der Waals surface area contributed by atoms with Crippen LogP contribution in [-0.2, 0) is 0 Å². The second-order valence-electron chi connectivity index (χ2n) is 1.70. The first-order valence-corrected chi connectivity index (χ1v) is 3.20. The van der Waals surface area contributed by atoms with Gasteiger partial charge >= 0.3 is 0 Å². The van der Waals surface area contributed by atoms with E-state index < -0.39 is 0 Å². The molecule has 0 bridgehead atoms. The maximum Gasteiger partial charge on any atom is 0.0537 e. The van der Waals surface area contributed by atoms with E-state index in [9.17, 15) is 0 Å². The summed E-state index contributed by atoms with van der Waals surface area (Å²) in [5.41, 5.74) is 5.36. The van der Waals surface area contributed by atoms with Gasteiger partial charge in [0, 0.05) is 6.38 Å². The molecule has 2 nitrogen and oxygen atoms in total. The fraction of sp³-hybridized carbons (Fsp3) is 1.00. The minimum atomic E-state index is 0.185. The molecule has 0 radical (unpaired) electrons. The topological polar surface area (TPSA) is 29.3 Å². The number of rotatable bonds is 1. The minimum absolute atomic E-state index is 0.185. The van der Waals surface area contributed by atoms with Crippen molar-refractivity contribution in [3.05, 3.63) is 0 Å². The van der Waals surface area contributed by atoms with Crippen molar-refractivity contribution in [1.82, 2.24) is 4.90 Å². The van der Waals surface area contributed by atoms with Crippen LogP contribution in [0, 0.1) is 0 Å². The first-order chi connectivity index (χ1) is 3.64. The third kappa shape index (κ3) is 9.51. The lowest BCUT2D eigenvalue weighted by molar-refractivity contribution is 0.322. The Bertz CT molecular complexity index is 31.4. The molecule has 2 N–H and O–H groups in total. The van der Waals surface area contributed by atoms with Gasteiger partial charge in [0.25, 0.3) is 0 Å². The molecule has 52 valence electrons. The van der Waals surface area contributed by atoms with Crippen LogP contribution in [0.1, 0.15) is 6.92 Å². The number of alkyl halides is 1. The fourth-order valence-electron chi connectivity index (χ4n) is 0. The van der Waals surface area contributed by atoms with Crippen molar-refractivity contribution in [2.45, 2.75) is 13.1 Å². The van der Waals surface area contributed by atoms with Crippen molar-refractivity contribution in [2.75, 3.05) is 20.5 Å². The molecule has 0 aliphatic carbocycles. The Morgan fingerprint density at radius 3 is 1.50 bits per heavy atom. The van der Waals surface area contributed by atoms with Gasteiger partial charge < -0.3 is 5.73 Å². The van der Waals surface area contributed by atoms with Crippen molar-refractivity contribution in [3.8, 4) is 0 Å². The predicted octanol–water partition coefficient (Wildman–Crippen LogP) is 0.708. The maximum atomic E-state index is 5.36. The second-order valence-corrected chi connectivity index (χ2v) is 1.70. The quantitative estimate of drug-likeness (QED) is 0.427. The highest BCUT2D eigenvalue weighted by Crippen LogP contribution is 1.75. The van der Waals surface area contributed by atoms with Gasteiger partial charge in [0.15, 0.2) is 0 Å². The molecule has 0 aromatic rings. The van der Waals surface area contributed by atoms with E-state index in [-0.39, 0.29) is 6.17 Å². The number of hydrogen-bond acceptors (Lipinski definition) is 2. The standard InChI is InChI=1S/C4H12N2.CH3Cl/c1-4(5)6(2)3;1-2/h4H,5H2,1-3H3;1H3. The predicted molar refractivity (Wildman–Crippen MR) is 39.1 cm³/mol. The van der Waals surface area contributed by atoms with E-state index in [4.69, 9.17) is 5.73 Å². The first kappa shape index (κ1) is 11.1. The Morgan fingerprint density at radius 1 is 1.38 bits per heavy atom. The molecule has 0 amide bonds. The molecule has 0 saturated carbocycles. The lowest BCUT2D eigenvalue weighted by atomic mass is 10.6. The molecule has 0 aliphatic heterocycles. The van der Waals surface area contributed by atoms with Crippen LogP contribution in [0.15, 0.2) is 0 Å². The fourth-order valence-corrected chi connectivity index (χ4v) is 0. The molecule has 0 aromatic carbocycles. The van der Waals surface area contributed by atoms with Gasteiger partial charge in [0.2, 0.25) is 0 Å².